The number of imide groups is 1. The number of anilines is 1. The number of urea groups is 1. The zero-order chi connectivity index (χ0) is 28.8. The molecule has 2 aromatic carbocycles. The summed E-state index contributed by atoms with van der Waals surface area (Å²) in [7, 11) is 1.22. The quantitative estimate of drug-likeness (QED) is 0.135. The summed E-state index contributed by atoms with van der Waals surface area (Å²) in [5, 5.41) is 5.82. The van der Waals surface area contributed by atoms with E-state index >= 15 is 0 Å². The number of methoxy groups -OCH3 is 1. The summed E-state index contributed by atoms with van der Waals surface area (Å²) in [5.74, 6) is -0.699. The van der Waals surface area contributed by atoms with E-state index in [4.69, 9.17) is 25.5 Å². The standard InChI is InChI=1S/C27H23ClIN3O8/c1-3-38-22-12-15(10-19(29)24(22)39-14-23(33)30-17-6-4-16(28)5-7-17)11-20-25(34)32(27(36)31-20)13-18-8-9-21(40-18)26(35)37-2/h4-12H,3,13-14H2,1-2H3,(H,30,33)(H,31,36)/b20-11-. The van der Waals surface area contributed by atoms with Crippen molar-refractivity contribution < 1.29 is 37.8 Å². The second kappa shape index (κ2) is 12.9. The summed E-state index contributed by atoms with van der Waals surface area (Å²) in [4.78, 5) is 50.4. The van der Waals surface area contributed by atoms with Crippen molar-refractivity contribution in [2.24, 2.45) is 0 Å². The molecule has 40 heavy (non-hydrogen) atoms. The van der Waals surface area contributed by atoms with Gasteiger partial charge in [-0.3, -0.25) is 14.5 Å². The lowest BCUT2D eigenvalue weighted by molar-refractivity contribution is -0.123. The minimum Gasteiger partial charge on any atom is -0.490 e. The summed E-state index contributed by atoms with van der Waals surface area (Å²) in [6, 6.07) is 12.3. The number of amides is 4. The molecule has 11 nitrogen and oxygen atoms in total. The molecule has 1 saturated heterocycles. The number of nitrogens with one attached hydrogen (secondary N) is 2. The van der Waals surface area contributed by atoms with E-state index in [1.165, 1.54) is 25.3 Å². The molecule has 0 saturated carbocycles. The van der Waals surface area contributed by atoms with Gasteiger partial charge in [-0.25, -0.2) is 9.59 Å². The van der Waals surface area contributed by atoms with Crippen LogP contribution < -0.4 is 20.1 Å². The summed E-state index contributed by atoms with van der Waals surface area (Å²) in [6.45, 7) is 1.68. The van der Waals surface area contributed by atoms with Crippen molar-refractivity contribution >= 4 is 69.8 Å². The molecular weight excluding hydrogens is 657 g/mol. The molecule has 0 atom stereocenters. The smallest absolute Gasteiger partial charge is 0.373 e. The van der Waals surface area contributed by atoms with Gasteiger partial charge in [0.15, 0.2) is 18.1 Å². The largest absolute Gasteiger partial charge is 0.490 e. The van der Waals surface area contributed by atoms with E-state index in [2.05, 4.69) is 15.4 Å². The average Bonchev–Trinajstić information content (AvgIpc) is 3.49. The maximum absolute atomic E-state index is 13.0. The number of carbonyl (C=O) groups excluding carboxylic acids is 4. The van der Waals surface area contributed by atoms with Gasteiger partial charge in [0, 0.05) is 10.7 Å². The van der Waals surface area contributed by atoms with Crippen molar-refractivity contribution in [1.29, 1.82) is 0 Å². The summed E-state index contributed by atoms with van der Waals surface area (Å²) in [5.41, 5.74) is 1.18. The van der Waals surface area contributed by atoms with Gasteiger partial charge in [-0.1, -0.05) is 11.6 Å². The first kappa shape index (κ1) is 29.0. The molecule has 2 N–H and O–H groups in total. The van der Waals surface area contributed by atoms with Crippen molar-refractivity contribution in [2.45, 2.75) is 13.5 Å². The molecule has 1 aliphatic heterocycles. The molecule has 1 aromatic heterocycles. The zero-order valence-corrected chi connectivity index (χ0v) is 24.2. The van der Waals surface area contributed by atoms with E-state index in [9.17, 15) is 19.2 Å². The highest BCUT2D eigenvalue weighted by Gasteiger charge is 2.34. The first-order valence-electron chi connectivity index (χ1n) is 11.8. The molecule has 13 heteroatoms. The normalized spacial score (nSPS) is 13.8. The first-order chi connectivity index (χ1) is 19.2. The van der Waals surface area contributed by atoms with Crippen molar-refractivity contribution in [3.63, 3.8) is 0 Å². The van der Waals surface area contributed by atoms with Crippen LogP contribution in [-0.4, -0.2) is 49.0 Å². The highest BCUT2D eigenvalue weighted by molar-refractivity contribution is 14.1. The van der Waals surface area contributed by atoms with Crippen LogP contribution in [0.15, 0.2) is 58.6 Å². The molecule has 0 bridgehead atoms. The molecule has 1 aliphatic rings. The Bertz CT molecular complexity index is 1490. The molecule has 4 rings (SSSR count). The van der Waals surface area contributed by atoms with Crippen molar-refractivity contribution in [3.8, 4) is 11.5 Å². The number of halogens is 2. The Kier molecular flexibility index (Phi) is 9.32. The van der Waals surface area contributed by atoms with E-state index in [0.717, 1.165) is 4.90 Å². The van der Waals surface area contributed by atoms with Crippen LogP contribution >= 0.6 is 34.2 Å². The number of hydrogen-bond donors (Lipinski definition) is 2. The first-order valence-corrected chi connectivity index (χ1v) is 13.3. The van der Waals surface area contributed by atoms with Gasteiger partial charge in [-0.2, -0.15) is 0 Å². The lowest BCUT2D eigenvalue weighted by atomic mass is 10.1. The Hall–Kier alpha value is -4.04. The van der Waals surface area contributed by atoms with Gasteiger partial charge in [-0.15, -0.1) is 0 Å². The van der Waals surface area contributed by atoms with Crippen LogP contribution in [0.25, 0.3) is 6.08 Å². The average molecular weight is 680 g/mol. The molecule has 3 aromatic rings. The van der Waals surface area contributed by atoms with Crippen LogP contribution in [-0.2, 0) is 20.9 Å². The molecule has 2 heterocycles. The van der Waals surface area contributed by atoms with Gasteiger partial charge in [0.25, 0.3) is 11.8 Å². The van der Waals surface area contributed by atoms with Gasteiger partial charge < -0.3 is 29.3 Å². The van der Waals surface area contributed by atoms with E-state index in [1.54, 1.807) is 43.3 Å². The summed E-state index contributed by atoms with van der Waals surface area (Å²) >= 11 is 7.91. The van der Waals surface area contributed by atoms with Crippen molar-refractivity contribution in [3.05, 3.63) is 79.9 Å². The lowest BCUT2D eigenvalue weighted by Crippen LogP contribution is -2.30. The van der Waals surface area contributed by atoms with E-state index in [1.807, 2.05) is 22.6 Å². The molecule has 4 amide bonds. The molecule has 0 spiro atoms. The minimum atomic E-state index is -0.668. The van der Waals surface area contributed by atoms with E-state index in [-0.39, 0.29) is 36.3 Å². The number of nitrogens with zero attached hydrogens (tertiary/aromatic N) is 1. The van der Waals surface area contributed by atoms with Crippen molar-refractivity contribution in [1.82, 2.24) is 10.2 Å². The number of furan rings is 1. The monoisotopic (exact) mass is 679 g/mol. The Morgan fingerprint density at radius 2 is 1.88 bits per heavy atom. The number of esters is 1. The molecule has 0 aliphatic carbocycles. The molecule has 1 fully saturated rings. The number of rotatable bonds is 10. The third kappa shape index (κ3) is 6.93. The second-order valence-corrected chi connectivity index (χ2v) is 9.84. The summed E-state index contributed by atoms with van der Waals surface area (Å²) < 4.78 is 22.1. The fourth-order valence-corrected chi connectivity index (χ4v) is 4.56. The highest BCUT2D eigenvalue weighted by Crippen LogP contribution is 2.35. The van der Waals surface area contributed by atoms with E-state index in [0.29, 0.717) is 37.9 Å². The van der Waals surface area contributed by atoms with Crippen LogP contribution in [0.1, 0.15) is 28.8 Å². The Labute approximate surface area is 247 Å². The Balaban J connectivity index is 1.47. The van der Waals surface area contributed by atoms with Crippen LogP contribution in [0.4, 0.5) is 10.5 Å². The fourth-order valence-electron chi connectivity index (χ4n) is 3.65. The maximum atomic E-state index is 13.0. The number of carbonyl (C=O) groups is 4. The number of ether oxygens (including phenoxy) is 3. The predicted octanol–water partition coefficient (Wildman–Crippen LogP) is 4.83. The summed E-state index contributed by atoms with van der Waals surface area (Å²) in [6.07, 6.45) is 1.50. The number of hydrogen-bond acceptors (Lipinski definition) is 8. The van der Waals surface area contributed by atoms with Crippen LogP contribution in [0, 0.1) is 3.57 Å². The van der Waals surface area contributed by atoms with E-state index < -0.39 is 17.9 Å². The molecule has 208 valence electrons. The van der Waals surface area contributed by atoms with Gasteiger partial charge in [0.2, 0.25) is 5.76 Å². The van der Waals surface area contributed by atoms with Gasteiger partial charge in [-0.05, 0) is 89.7 Å². The molecule has 0 radical (unpaired) electrons. The maximum Gasteiger partial charge on any atom is 0.373 e. The predicted molar refractivity (Wildman–Crippen MR) is 153 cm³/mol. The molecular formula is C27H23ClIN3O8. The third-order valence-electron chi connectivity index (χ3n) is 5.44. The zero-order valence-electron chi connectivity index (χ0n) is 21.3. The SMILES string of the molecule is CCOc1cc(/C=C2\NC(=O)N(Cc3ccc(C(=O)OC)o3)C2=O)cc(I)c1OCC(=O)Nc1ccc(Cl)cc1. The topological polar surface area (TPSA) is 136 Å². The highest BCUT2D eigenvalue weighted by atomic mass is 127. The Morgan fingerprint density at radius 3 is 2.58 bits per heavy atom. The van der Waals surface area contributed by atoms with Gasteiger partial charge >= 0.3 is 12.0 Å². The van der Waals surface area contributed by atoms with Crippen LogP contribution in [0.2, 0.25) is 5.02 Å². The van der Waals surface area contributed by atoms with Gasteiger partial charge in [0.05, 0.1) is 23.8 Å². The Morgan fingerprint density at radius 1 is 1.12 bits per heavy atom. The van der Waals surface area contributed by atoms with Crippen LogP contribution in [0.3, 0.4) is 0 Å². The molecule has 0 unspecified atom stereocenters. The number of benzene rings is 2. The minimum absolute atomic E-state index is 0.0388. The fraction of sp³-hybridized carbons (Fsp3) is 0.185. The second-order valence-electron chi connectivity index (χ2n) is 8.24. The van der Waals surface area contributed by atoms with Gasteiger partial charge in [0.1, 0.15) is 11.5 Å². The van der Waals surface area contributed by atoms with Crippen molar-refractivity contribution in [2.75, 3.05) is 25.6 Å². The lowest BCUT2D eigenvalue weighted by Gasteiger charge is -2.15. The van der Waals surface area contributed by atoms with Crippen LogP contribution in [0.5, 0.6) is 11.5 Å². The third-order valence-corrected chi connectivity index (χ3v) is 6.50.